The second-order valence-corrected chi connectivity index (χ2v) is 11.5. The van der Waals surface area contributed by atoms with Crippen LogP contribution < -0.4 is 10.1 Å². The third kappa shape index (κ3) is 7.47. The highest BCUT2D eigenvalue weighted by molar-refractivity contribution is 9.10. The van der Waals surface area contributed by atoms with Crippen LogP contribution in [0.2, 0.25) is 5.02 Å². The zero-order valence-electron chi connectivity index (χ0n) is 21.1. The van der Waals surface area contributed by atoms with Crippen LogP contribution in [0, 0.1) is 0 Å². The Hall–Kier alpha value is -2.05. The number of halogens is 2. The van der Waals surface area contributed by atoms with E-state index in [1.165, 1.54) is 0 Å². The van der Waals surface area contributed by atoms with Crippen LogP contribution in [0.1, 0.15) is 70.9 Å². The first-order chi connectivity index (χ1) is 16.6. The Labute approximate surface area is 222 Å². The summed E-state index contributed by atoms with van der Waals surface area (Å²) in [7, 11) is 0. The van der Waals surface area contributed by atoms with E-state index in [2.05, 4.69) is 42.0 Å². The second kappa shape index (κ2) is 12.3. The number of carbonyl (C=O) groups is 2. The van der Waals surface area contributed by atoms with Crippen LogP contribution in [0.25, 0.3) is 0 Å². The predicted molar refractivity (Wildman–Crippen MR) is 145 cm³/mol. The number of hydrogen-bond donors (Lipinski definition) is 1. The molecule has 0 heterocycles. The molecular formula is C28H36BrClN2O3. The zero-order valence-corrected chi connectivity index (χ0v) is 23.4. The van der Waals surface area contributed by atoms with Gasteiger partial charge in [0.25, 0.3) is 5.91 Å². The molecule has 1 aliphatic carbocycles. The number of amides is 2. The summed E-state index contributed by atoms with van der Waals surface area (Å²) in [4.78, 5) is 28.3. The molecule has 3 rings (SSSR count). The summed E-state index contributed by atoms with van der Waals surface area (Å²) in [6.45, 7) is 8.43. The van der Waals surface area contributed by atoms with Crippen molar-refractivity contribution in [3.05, 3.63) is 63.1 Å². The third-order valence-electron chi connectivity index (χ3n) is 6.54. The lowest BCUT2D eigenvalue weighted by molar-refractivity contribution is -0.143. The maximum atomic E-state index is 13.5. The highest BCUT2D eigenvalue weighted by Gasteiger charge is 2.31. The lowest BCUT2D eigenvalue weighted by atomic mass is 9.87. The largest absolute Gasteiger partial charge is 0.483 e. The van der Waals surface area contributed by atoms with Crippen molar-refractivity contribution < 1.29 is 14.3 Å². The number of carbonyl (C=O) groups excluding carboxylic acids is 2. The summed E-state index contributed by atoms with van der Waals surface area (Å²) in [6, 6.07) is 12.9. The average molecular weight is 564 g/mol. The number of nitrogens with one attached hydrogen (secondary N) is 1. The van der Waals surface area contributed by atoms with Crippen LogP contribution in [0.3, 0.4) is 0 Å². The number of hydrogen-bond acceptors (Lipinski definition) is 3. The molecule has 190 valence electrons. The first kappa shape index (κ1) is 27.5. The Morgan fingerprint density at radius 3 is 2.46 bits per heavy atom. The molecule has 0 spiro atoms. The molecule has 2 aromatic rings. The van der Waals surface area contributed by atoms with Gasteiger partial charge in [-0.3, -0.25) is 9.59 Å². The van der Waals surface area contributed by atoms with E-state index < -0.39 is 6.04 Å². The van der Waals surface area contributed by atoms with Gasteiger partial charge in [-0.05, 0) is 69.9 Å². The number of rotatable bonds is 9. The van der Waals surface area contributed by atoms with Crippen molar-refractivity contribution in [3.8, 4) is 5.75 Å². The SMILES string of the molecule is CC[C@H](C(=O)NC1CCCC1)N(Cc1ccccc1Cl)C(=O)COc1ccc(C(C)(C)C)cc1Br. The number of benzene rings is 2. The van der Waals surface area contributed by atoms with Crippen LogP contribution in [-0.4, -0.2) is 35.4 Å². The zero-order chi connectivity index (χ0) is 25.6. The lowest BCUT2D eigenvalue weighted by Gasteiger charge is -2.31. The van der Waals surface area contributed by atoms with Gasteiger partial charge in [-0.15, -0.1) is 0 Å². The monoisotopic (exact) mass is 562 g/mol. The van der Waals surface area contributed by atoms with Crippen molar-refractivity contribution in [2.24, 2.45) is 0 Å². The fourth-order valence-corrected chi connectivity index (χ4v) is 5.09. The number of nitrogens with zero attached hydrogens (tertiary/aromatic N) is 1. The Balaban J connectivity index is 1.78. The minimum absolute atomic E-state index is 0.00362. The fourth-order valence-electron chi connectivity index (χ4n) is 4.40. The van der Waals surface area contributed by atoms with Crippen molar-refractivity contribution in [3.63, 3.8) is 0 Å². The molecule has 1 atom stereocenters. The predicted octanol–water partition coefficient (Wildman–Crippen LogP) is 6.65. The Morgan fingerprint density at radius 1 is 1.17 bits per heavy atom. The maximum absolute atomic E-state index is 13.5. The molecule has 1 fully saturated rings. The van der Waals surface area contributed by atoms with Crippen molar-refractivity contribution in [2.45, 2.75) is 83.8 Å². The van der Waals surface area contributed by atoms with Crippen molar-refractivity contribution >= 4 is 39.3 Å². The summed E-state index contributed by atoms with van der Waals surface area (Å²) >= 11 is 9.98. The minimum Gasteiger partial charge on any atom is -0.483 e. The molecule has 0 unspecified atom stereocenters. The standard InChI is InChI=1S/C28H36BrClN2O3/c1-5-24(27(34)31-21-11-7-8-12-21)32(17-19-10-6-9-13-23(19)30)26(33)18-35-25-15-14-20(16-22(25)29)28(2,3)4/h6,9-10,13-16,21,24H,5,7-8,11-12,17-18H2,1-4H3,(H,31,34)/t24-/m1/s1. The summed E-state index contributed by atoms with van der Waals surface area (Å²) in [5.74, 6) is 0.216. The molecule has 1 saturated carbocycles. The lowest BCUT2D eigenvalue weighted by Crippen LogP contribution is -2.52. The Kier molecular flexibility index (Phi) is 9.65. The van der Waals surface area contributed by atoms with E-state index in [9.17, 15) is 9.59 Å². The van der Waals surface area contributed by atoms with E-state index >= 15 is 0 Å². The Bertz CT molecular complexity index is 1030. The van der Waals surface area contributed by atoms with E-state index in [1.54, 1.807) is 11.0 Å². The summed E-state index contributed by atoms with van der Waals surface area (Å²) in [5.41, 5.74) is 1.97. The third-order valence-corrected chi connectivity index (χ3v) is 7.52. The van der Waals surface area contributed by atoms with E-state index in [1.807, 2.05) is 43.3 Å². The molecule has 2 amide bonds. The van der Waals surface area contributed by atoms with Crippen LogP contribution in [0.15, 0.2) is 46.9 Å². The quantitative estimate of drug-likeness (QED) is 0.372. The Morgan fingerprint density at radius 2 is 1.86 bits per heavy atom. The first-order valence-corrected chi connectivity index (χ1v) is 13.5. The molecule has 1 aliphatic rings. The topological polar surface area (TPSA) is 58.6 Å². The average Bonchev–Trinajstić information content (AvgIpc) is 3.31. The molecule has 0 aromatic heterocycles. The van der Waals surface area contributed by atoms with Gasteiger partial charge in [-0.25, -0.2) is 0 Å². The molecule has 5 nitrogen and oxygen atoms in total. The number of ether oxygens (including phenoxy) is 1. The highest BCUT2D eigenvalue weighted by atomic mass is 79.9. The molecule has 0 radical (unpaired) electrons. The van der Waals surface area contributed by atoms with Crippen LogP contribution in [0.4, 0.5) is 0 Å². The van der Waals surface area contributed by atoms with E-state index in [4.69, 9.17) is 16.3 Å². The summed E-state index contributed by atoms with van der Waals surface area (Å²) in [6.07, 6.45) is 4.73. The molecule has 1 N–H and O–H groups in total. The van der Waals surface area contributed by atoms with Crippen molar-refractivity contribution in [1.82, 2.24) is 10.2 Å². The summed E-state index contributed by atoms with van der Waals surface area (Å²) < 4.78 is 6.71. The van der Waals surface area contributed by atoms with E-state index in [-0.39, 0.29) is 36.4 Å². The molecule has 7 heteroatoms. The smallest absolute Gasteiger partial charge is 0.261 e. The molecular weight excluding hydrogens is 528 g/mol. The van der Waals surface area contributed by atoms with Gasteiger partial charge in [-0.2, -0.15) is 0 Å². The molecule has 0 aliphatic heterocycles. The minimum atomic E-state index is -0.602. The van der Waals surface area contributed by atoms with Crippen molar-refractivity contribution in [1.29, 1.82) is 0 Å². The van der Waals surface area contributed by atoms with Gasteiger partial charge in [0, 0.05) is 17.6 Å². The maximum Gasteiger partial charge on any atom is 0.261 e. The molecule has 35 heavy (non-hydrogen) atoms. The van der Waals surface area contributed by atoms with Gasteiger partial charge in [0.2, 0.25) is 5.91 Å². The highest BCUT2D eigenvalue weighted by Crippen LogP contribution is 2.31. The van der Waals surface area contributed by atoms with Gasteiger partial charge in [0.15, 0.2) is 6.61 Å². The van der Waals surface area contributed by atoms with E-state index in [0.29, 0.717) is 17.2 Å². The van der Waals surface area contributed by atoms with Gasteiger partial charge in [0.1, 0.15) is 11.8 Å². The first-order valence-electron chi connectivity index (χ1n) is 12.4. The summed E-state index contributed by atoms with van der Waals surface area (Å²) in [5, 5.41) is 3.72. The van der Waals surface area contributed by atoms with Gasteiger partial charge < -0.3 is 15.0 Å². The van der Waals surface area contributed by atoms with Crippen LogP contribution in [-0.2, 0) is 21.5 Å². The fraction of sp³-hybridized carbons (Fsp3) is 0.500. The van der Waals surface area contributed by atoms with Crippen LogP contribution in [0.5, 0.6) is 5.75 Å². The van der Waals surface area contributed by atoms with Crippen LogP contribution >= 0.6 is 27.5 Å². The van der Waals surface area contributed by atoms with Crippen molar-refractivity contribution in [2.75, 3.05) is 6.61 Å². The molecule has 0 saturated heterocycles. The molecule has 0 bridgehead atoms. The normalized spacial score (nSPS) is 15.0. The van der Waals surface area contributed by atoms with E-state index in [0.717, 1.165) is 41.3 Å². The van der Waals surface area contributed by atoms with Gasteiger partial charge >= 0.3 is 0 Å². The van der Waals surface area contributed by atoms with Gasteiger partial charge in [-0.1, -0.05) is 76.4 Å². The van der Waals surface area contributed by atoms with Gasteiger partial charge in [0.05, 0.1) is 4.47 Å². The molecule has 2 aromatic carbocycles. The second-order valence-electron chi connectivity index (χ2n) is 10.2.